The first-order valence-electron chi connectivity index (χ1n) is 8.19. The Hall–Kier alpha value is -1.42. The van der Waals surface area contributed by atoms with E-state index in [0.29, 0.717) is 5.92 Å². The van der Waals surface area contributed by atoms with Crippen molar-refractivity contribution >= 4 is 42.1 Å². The summed E-state index contributed by atoms with van der Waals surface area (Å²) in [5.74, 6) is -0.760. The molecule has 2 heterocycles. The maximum Gasteiger partial charge on any atom is 0.434 e. The molecule has 28 heavy (non-hydrogen) atoms. The second-order valence-corrected chi connectivity index (χ2v) is 6.70. The number of halogens is 6. The molecule has 1 aromatic heterocycles. The van der Waals surface area contributed by atoms with Gasteiger partial charge in [0.15, 0.2) is 0 Å². The van der Waals surface area contributed by atoms with Crippen LogP contribution >= 0.6 is 36.4 Å². The van der Waals surface area contributed by atoms with Crippen molar-refractivity contribution in [3.05, 3.63) is 33.3 Å². The van der Waals surface area contributed by atoms with Crippen molar-refractivity contribution in [3.63, 3.8) is 0 Å². The van der Waals surface area contributed by atoms with Gasteiger partial charge in [0, 0.05) is 11.6 Å². The molecule has 0 aliphatic carbocycles. The highest BCUT2D eigenvalue weighted by atomic mass is 35.5. The predicted molar refractivity (Wildman–Crippen MR) is 106 cm³/mol. The summed E-state index contributed by atoms with van der Waals surface area (Å²) in [5.41, 5.74) is -0.865. The number of rotatable bonds is 4. The van der Waals surface area contributed by atoms with Gasteiger partial charge in [0.25, 0.3) is 0 Å². The highest BCUT2D eigenvalue weighted by molar-refractivity contribution is 6.34. The minimum atomic E-state index is -4.65. The Morgan fingerprint density at radius 1 is 1.29 bits per heavy atom. The third kappa shape index (κ3) is 5.56. The van der Waals surface area contributed by atoms with Crippen molar-refractivity contribution < 1.29 is 17.6 Å². The highest BCUT2D eigenvalue weighted by Crippen LogP contribution is 2.41. The first-order chi connectivity index (χ1) is 12.3. The quantitative estimate of drug-likeness (QED) is 0.628. The maximum absolute atomic E-state index is 13.4. The molecule has 1 aliphatic heterocycles. The number of aromatic nitrogens is 2. The smallest absolute Gasteiger partial charge is 0.388 e. The van der Waals surface area contributed by atoms with Crippen LogP contribution in [0.2, 0.25) is 5.02 Å². The molecule has 0 amide bonds. The minimum absolute atomic E-state index is 0. The van der Waals surface area contributed by atoms with Gasteiger partial charge in [-0.3, -0.25) is 0 Å². The van der Waals surface area contributed by atoms with Gasteiger partial charge in [-0.15, -0.1) is 29.9 Å². The van der Waals surface area contributed by atoms with Crippen LogP contribution in [0.3, 0.4) is 0 Å². The fourth-order valence-electron chi connectivity index (χ4n) is 3.12. The van der Waals surface area contributed by atoms with E-state index in [0.717, 1.165) is 32.0 Å². The summed E-state index contributed by atoms with van der Waals surface area (Å²) >= 11 is 6.03. The molecule has 0 saturated carbocycles. The summed E-state index contributed by atoms with van der Waals surface area (Å²) in [5, 5.41) is 11.6. The van der Waals surface area contributed by atoms with Gasteiger partial charge in [-0.1, -0.05) is 11.6 Å². The van der Waals surface area contributed by atoms with Crippen LogP contribution in [0.15, 0.2) is 21.3 Å². The number of alkyl halides is 3. The van der Waals surface area contributed by atoms with Crippen LogP contribution in [-0.2, 0) is 6.18 Å². The normalized spacial score (nSPS) is 16.0. The van der Waals surface area contributed by atoms with Crippen LogP contribution in [0.25, 0.3) is 11.5 Å². The van der Waals surface area contributed by atoms with E-state index in [1.807, 2.05) is 12.0 Å². The number of anilines is 1. The molecule has 1 saturated heterocycles. The van der Waals surface area contributed by atoms with Gasteiger partial charge in [-0.2, -0.15) is 13.2 Å². The number of piperidine rings is 1. The van der Waals surface area contributed by atoms with E-state index < -0.39 is 22.5 Å². The Bertz CT molecular complexity index is 835. The third-order valence-corrected chi connectivity index (χ3v) is 4.94. The van der Waals surface area contributed by atoms with E-state index in [2.05, 4.69) is 15.7 Å². The molecule has 0 bridgehead atoms. The number of hydrogen-bond donors (Lipinski definition) is 3. The lowest BCUT2D eigenvalue weighted by Gasteiger charge is -2.30. The first kappa shape index (κ1) is 24.6. The number of aromatic amines is 1. The zero-order valence-corrected chi connectivity index (χ0v) is 17.1. The standard InChI is InChI=1S/C16H18ClF3N4O2.2ClH/c1-8(9-2-4-21-5-3-9)22-12-7-10(14-23-24-15(25)26-14)6-11(13(12)17)16(18,19)20;;/h6-9,21-22H,2-5H2,1H3,(H,24,25);2*1H. The highest BCUT2D eigenvalue weighted by Gasteiger charge is 2.35. The van der Waals surface area contributed by atoms with E-state index >= 15 is 0 Å². The molecule has 2 aromatic rings. The zero-order chi connectivity index (χ0) is 18.9. The Morgan fingerprint density at radius 3 is 2.46 bits per heavy atom. The van der Waals surface area contributed by atoms with Crippen molar-refractivity contribution in [2.45, 2.75) is 32.0 Å². The van der Waals surface area contributed by atoms with Crippen molar-refractivity contribution in [1.82, 2.24) is 15.5 Å². The Balaban J connectivity index is 0.00000196. The maximum atomic E-state index is 13.4. The van der Waals surface area contributed by atoms with Gasteiger partial charge in [0.05, 0.1) is 16.3 Å². The molecule has 1 atom stereocenters. The number of nitrogens with one attached hydrogen (secondary N) is 3. The SMILES string of the molecule is CC(Nc1cc(-c2n[nH]c(=O)o2)cc(C(F)(F)F)c1Cl)C1CCNCC1.Cl.Cl. The van der Waals surface area contributed by atoms with Crippen LogP contribution in [0.4, 0.5) is 18.9 Å². The molecule has 6 nitrogen and oxygen atoms in total. The molecule has 3 N–H and O–H groups in total. The van der Waals surface area contributed by atoms with E-state index in [9.17, 15) is 18.0 Å². The Kier molecular flexibility index (Phi) is 8.67. The van der Waals surface area contributed by atoms with E-state index in [-0.39, 0.29) is 48.0 Å². The largest absolute Gasteiger partial charge is 0.434 e. The van der Waals surface area contributed by atoms with Gasteiger partial charge >= 0.3 is 11.9 Å². The van der Waals surface area contributed by atoms with E-state index in [1.54, 1.807) is 0 Å². The first-order valence-corrected chi connectivity index (χ1v) is 8.57. The molecule has 1 unspecified atom stereocenters. The van der Waals surface area contributed by atoms with Crippen LogP contribution in [-0.4, -0.2) is 29.3 Å². The fraction of sp³-hybridized carbons (Fsp3) is 0.500. The van der Waals surface area contributed by atoms with E-state index in [1.165, 1.54) is 6.07 Å². The zero-order valence-electron chi connectivity index (χ0n) is 14.7. The molecular formula is C16H20Cl3F3N4O2. The van der Waals surface area contributed by atoms with Crippen LogP contribution in [0.1, 0.15) is 25.3 Å². The number of hydrogen-bond acceptors (Lipinski definition) is 5. The van der Waals surface area contributed by atoms with Crippen molar-refractivity contribution in [2.24, 2.45) is 5.92 Å². The van der Waals surface area contributed by atoms with Gasteiger partial charge in [0.1, 0.15) is 0 Å². The summed E-state index contributed by atoms with van der Waals surface area (Å²) in [4.78, 5) is 11.1. The summed E-state index contributed by atoms with van der Waals surface area (Å²) in [6, 6.07) is 2.16. The lowest BCUT2D eigenvalue weighted by atomic mass is 9.91. The number of benzene rings is 1. The molecule has 1 aromatic carbocycles. The van der Waals surface area contributed by atoms with Gasteiger partial charge in [-0.05, 0) is 50.9 Å². The molecule has 158 valence electrons. The monoisotopic (exact) mass is 462 g/mol. The van der Waals surface area contributed by atoms with E-state index in [4.69, 9.17) is 16.0 Å². The average Bonchev–Trinajstić information content (AvgIpc) is 3.03. The average molecular weight is 464 g/mol. The Morgan fingerprint density at radius 2 is 1.93 bits per heavy atom. The summed E-state index contributed by atoms with van der Waals surface area (Å²) in [7, 11) is 0. The lowest BCUT2D eigenvalue weighted by Crippen LogP contribution is -2.36. The molecule has 12 heteroatoms. The predicted octanol–water partition coefficient (Wildman–Crippen LogP) is 4.35. The molecule has 0 spiro atoms. The van der Waals surface area contributed by atoms with Gasteiger partial charge in [-0.25, -0.2) is 9.89 Å². The second-order valence-electron chi connectivity index (χ2n) is 6.32. The summed E-state index contributed by atoms with van der Waals surface area (Å²) in [6.45, 7) is 3.66. The van der Waals surface area contributed by atoms with Crippen molar-refractivity contribution in [1.29, 1.82) is 0 Å². The number of H-pyrrole nitrogens is 1. The third-order valence-electron chi connectivity index (χ3n) is 4.54. The number of nitrogens with zero attached hydrogens (tertiary/aromatic N) is 1. The van der Waals surface area contributed by atoms with Crippen LogP contribution < -0.4 is 16.4 Å². The summed E-state index contributed by atoms with van der Waals surface area (Å²) < 4.78 is 44.9. The van der Waals surface area contributed by atoms with Crippen LogP contribution in [0, 0.1) is 5.92 Å². The molecule has 1 fully saturated rings. The second kappa shape index (κ2) is 9.87. The topological polar surface area (TPSA) is 83.0 Å². The molecule has 3 rings (SSSR count). The fourth-order valence-corrected chi connectivity index (χ4v) is 3.39. The minimum Gasteiger partial charge on any atom is -0.388 e. The molecule has 0 radical (unpaired) electrons. The van der Waals surface area contributed by atoms with Crippen molar-refractivity contribution in [2.75, 3.05) is 18.4 Å². The van der Waals surface area contributed by atoms with Crippen LogP contribution in [0.5, 0.6) is 0 Å². The Labute approximate surface area is 176 Å². The van der Waals surface area contributed by atoms with Gasteiger partial charge in [0.2, 0.25) is 5.89 Å². The van der Waals surface area contributed by atoms with Gasteiger partial charge < -0.3 is 15.1 Å². The summed E-state index contributed by atoms with van der Waals surface area (Å²) in [6.07, 6.45) is -2.81. The van der Waals surface area contributed by atoms with Crippen molar-refractivity contribution in [3.8, 4) is 11.5 Å². The molecular weight excluding hydrogens is 444 g/mol. The molecule has 1 aliphatic rings. The lowest BCUT2D eigenvalue weighted by molar-refractivity contribution is -0.137.